The van der Waals surface area contributed by atoms with E-state index in [2.05, 4.69) is 18.5 Å². The SMILES string of the molecule is C=CCOC(=O)C1=C(C)N=C2SCCC(=O)N2[C@H]1c1ccc(OCCCCCC)c(OC)c1. The van der Waals surface area contributed by atoms with Crippen LogP contribution >= 0.6 is 11.8 Å². The normalized spacial score (nSPS) is 17.9. The van der Waals surface area contributed by atoms with Gasteiger partial charge in [-0.15, -0.1) is 0 Å². The van der Waals surface area contributed by atoms with Gasteiger partial charge in [0.25, 0.3) is 0 Å². The second-order valence-corrected chi connectivity index (χ2v) is 8.93. The lowest BCUT2D eigenvalue weighted by Crippen LogP contribution is -2.45. The molecule has 1 amide bonds. The van der Waals surface area contributed by atoms with E-state index in [1.807, 2.05) is 18.2 Å². The van der Waals surface area contributed by atoms with Crippen molar-refractivity contribution in [1.29, 1.82) is 0 Å². The minimum atomic E-state index is -0.650. The first-order chi connectivity index (χ1) is 16.0. The number of aliphatic imine (C=N–C) groups is 1. The molecule has 1 aromatic rings. The number of benzene rings is 1. The van der Waals surface area contributed by atoms with Crippen LogP contribution in [-0.4, -0.2) is 48.0 Å². The molecule has 1 fully saturated rings. The maximum absolute atomic E-state index is 13.0. The smallest absolute Gasteiger partial charge is 0.338 e. The second-order valence-electron chi connectivity index (χ2n) is 7.86. The van der Waals surface area contributed by atoms with Gasteiger partial charge in [-0.1, -0.05) is 56.7 Å². The van der Waals surface area contributed by atoms with Crippen LogP contribution in [0.15, 0.2) is 47.1 Å². The molecule has 0 unspecified atom stereocenters. The number of hydrogen-bond donors (Lipinski definition) is 0. The molecule has 33 heavy (non-hydrogen) atoms. The zero-order valence-electron chi connectivity index (χ0n) is 19.6. The van der Waals surface area contributed by atoms with Crippen LogP contribution in [0.25, 0.3) is 0 Å². The fourth-order valence-electron chi connectivity index (χ4n) is 3.87. The molecular weight excluding hydrogens is 440 g/mol. The minimum absolute atomic E-state index is 0.0748. The van der Waals surface area contributed by atoms with Gasteiger partial charge < -0.3 is 14.2 Å². The summed E-state index contributed by atoms with van der Waals surface area (Å²) in [6, 6.07) is 4.89. The Kier molecular flexibility index (Phi) is 9.00. The number of rotatable bonds is 11. The topological polar surface area (TPSA) is 77.4 Å². The molecule has 0 aromatic heterocycles. The number of fused-ring (bicyclic) bond motifs is 1. The number of thioether (sulfide) groups is 1. The van der Waals surface area contributed by atoms with E-state index in [1.165, 1.54) is 30.7 Å². The molecule has 1 saturated heterocycles. The lowest BCUT2D eigenvalue weighted by atomic mass is 9.94. The number of ether oxygens (including phenoxy) is 3. The van der Waals surface area contributed by atoms with Crippen LogP contribution in [0.2, 0.25) is 0 Å². The third kappa shape index (κ3) is 5.79. The van der Waals surface area contributed by atoms with Crippen molar-refractivity contribution in [2.45, 2.75) is 52.0 Å². The molecule has 0 aliphatic carbocycles. The molecular formula is C25H32N2O5S. The van der Waals surface area contributed by atoms with Crippen LogP contribution in [0, 0.1) is 0 Å². The van der Waals surface area contributed by atoms with Crippen LogP contribution in [0.5, 0.6) is 11.5 Å². The highest BCUT2D eigenvalue weighted by Gasteiger charge is 2.41. The summed E-state index contributed by atoms with van der Waals surface area (Å²) >= 11 is 1.51. The number of unbranched alkanes of at least 4 members (excludes halogenated alkanes) is 3. The van der Waals surface area contributed by atoms with Crippen molar-refractivity contribution in [2.24, 2.45) is 4.99 Å². The summed E-state index contributed by atoms with van der Waals surface area (Å²) in [5, 5.41) is 0.601. The highest BCUT2D eigenvalue weighted by Crippen LogP contribution is 2.42. The van der Waals surface area contributed by atoms with E-state index in [9.17, 15) is 9.59 Å². The number of methoxy groups -OCH3 is 1. The van der Waals surface area contributed by atoms with Gasteiger partial charge in [0.1, 0.15) is 6.61 Å². The maximum atomic E-state index is 13.0. The molecule has 0 radical (unpaired) electrons. The average molecular weight is 473 g/mol. The van der Waals surface area contributed by atoms with Crippen LogP contribution < -0.4 is 9.47 Å². The van der Waals surface area contributed by atoms with Gasteiger partial charge >= 0.3 is 5.97 Å². The number of carbonyl (C=O) groups is 2. The first kappa shape index (κ1) is 24.9. The van der Waals surface area contributed by atoms with E-state index in [0.717, 1.165) is 18.4 Å². The molecule has 2 heterocycles. The first-order valence-corrected chi connectivity index (χ1v) is 12.3. The summed E-state index contributed by atoms with van der Waals surface area (Å²) in [5.74, 6) is 1.27. The molecule has 1 atom stereocenters. The Morgan fingerprint density at radius 2 is 2.12 bits per heavy atom. The fraction of sp³-hybridized carbons (Fsp3) is 0.480. The van der Waals surface area contributed by atoms with E-state index in [0.29, 0.717) is 46.7 Å². The summed E-state index contributed by atoms with van der Waals surface area (Å²) in [4.78, 5) is 32.1. The van der Waals surface area contributed by atoms with Crippen molar-refractivity contribution in [1.82, 2.24) is 4.90 Å². The van der Waals surface area contributed by atoms with E-state index in [1.54, 1.807) is 18.9 Å². The molecule has 1 aromatic carbocycles. The van der Waals surface area contributed by atoms with Crippen molar-refractivity contribution in [2.75, 3.05) is 26.1 Å². The zero-order chi connectivity index (χ0) is 23.8. The minimum Gasteiger partial charge on any atom is -0.493 e. The number of allylic oxidation sites excluding steroid dienone is 1. The molecule has 8 heteroatoms. The third-order valence-corrected chi connectivity index (χ3v) is 6.47. The lowest BCUT2D eigenvalue weighted by Gasteiger charge is -2.39. The lowest BCUT2D eigenvalue weighted by molar-refractivity contribution is -0.139. The van der Waals surface area contributed by atoms with Crippen molar-refractivity contribution < 1.29 is 23.8 Å². The predicted octanol–water partition coefficient (Wildman–Crippen LogP) is 5.03. The van der Waals surface area contributed by atoms with Crippen LogP contribution in [-0.2, 0) is 14.3 Å². The van der Waals surface area contributed by atoms with Crippen molar-refractivity contribution in [3.05, 3.63) is 47.7 Å². The van der Waals surface area contributed by atoms with E-state index in [4.69, 9.17) is 14.2 Å². The van der Waals surface area contributed by atoms with Crippen LogP contribution in [0.3, 0.4) is 0 Å². The Hall–Kier alpha value is -2.74. The van der Waals surface area contributed by atoms with Crippen molar-refractivity contribution >= 4 is 28.8 Å². The van der Waals surface area contributed by atoms with E-state index >= 15 is 0 Å². The molecule has 0 saturated carbocycles. The highest BCUT2D eigenvalue weighted by atomic mass is 32.2. The van der Waals surface area contributed by atoms with Gasteiger partial charge in [-0.3, -0.25) is 9.69 Å². The Labute approximate surface area is 199 Å². The average Bonchev–Trinajstić information content (AvgIpc) is 2.81. The van der Waals surface area contributed by atoms with Crippen molar-refractivity contribution in [3.63, 3.8) is 0 Å². The number of esters is 1. The molecule has 3 rings (SSSR count). The number of amidine groups is 1. The van der Waals surface area contributed by atoms with Gasteiger partial charge in [0, 0.05) is 12.2 Å². The summed E-state index contributed by atoms with van der Waals surface area (Å²) in [6.45, 7) is 8.24. The molecule has 178 valence electrons. The predicted molar refractivity (Wildman–Crippen MR) is 131 cm³/mol. The molecule has 2 aliphatic heterocycles. The Bertz CT molecular complexity index is 956. The first-order valence-electron chi connectivity index (χ1n) is 11.3. The third-order valence-electron chi connectivity index (χ3n) is 5.52. The Balaban J connectivity index is 1.95. The molecule has 2 aliphatic rings. The Morgan fingerprint density at radius 3 is 2.85 bits per heavy atom. The summed E-state index contributed by atoms with van der Waals surface area (Å²) in [6.07, 6.45) is 6.34. The highest BCUT2D eigenvalue weighted by molar-refractivity contribution is 8.14. The van der Waals surface area contributed by atoms with Crippen LogP contribution in [0.1, 0.15) is 57.6 Å². The number of nitrogens with zero attached hydrogens (tertiary/aromatic N) is 2. The van der Waals surface area contributed by atoms with Crippen LogP contribution in [0.4, 0.5) is 0 Å². The molecule has 0 bridgehead atoms. The van der Waals surface area contributed by atoms with Gasteiger partial charge in [0.2, 0.25) is 5.91 Å². The number of amides is 1. The fourth-order valence-corrected chi connectivity index (χ4v) is 4.88. The molecule has 0 spiro atoms. The van der Waals surface area contributed by atoms with Gasteiger partial charge in [-0.05, 0) is 31.0 Å². The monoisotopic (exact) mass is 472 g/mol. The summed E-state index contributed by atoms with van der Waals surface area (Å²) in [7, 11) is 1.58. The largest absolute Gasteiger partial charge is 0.493 e. The second kappa shape index (κ2) is 11.9. The zero-order valence-corrected chi connectivity index (χ0v) is 20.4. The standard InChI is InChI=1S/C25H32N2O5S/c1-5-7-8-9-14-31-19-11-10-18(16-20(19)30-4)23-22(24(29)32-13-6-2)17(3)26-25-27(23)21(28)12-15-33-25/h6,10-11,16,23H,2,5,7-9,12-15H2,1,3-4H3/t23-/m0/s1. The summed E-state index contributed by atoms with van der Waals surface area (Å²) in [5.41, 5.74) is 1.61. The van der Waals surface area contributed by atoms with Crippen molar-refractivity contribution in [3.8, 4) is 11.5 Å². The Morgan fingerprint density at radius 1 is 1.30 bits per heavy atom. The van der Waals surface area contributed by atoms with E-state index < -0.39 is 12.0 Å². The number of hydrogen-bond acceptors (Lipinski definition) is 7. The van der Waals surface area contributed by atoms with Gasteiger partial charge in [0.05, 0.1) is 31.0 Å². The van der Waals surface area contributed by atoms with Gasteiger partial charge in [0.15, 0.2) is 16.7 Å². The van der Waals surface area contributed by atoms with Gasteiger partial charge in [-0.2, -0.15) is 0 Å². The quantitative estimate of drug-likeness (QED) is 0.255. The van der Waals surface area contributed by atoms with Gasteiger partial charge in [-0.25, -0.2) is 9.79 Å². The maximum Gasteiger partial charge on any atom is 0.338 e. The number of carbonyl (C=O) groups excluding carboxylic acids is 2. The molecule has 7 nitrogen and oxygen atoms in total. The summed E-state index contributed by atoms with van der Waals surface area (Å²) < 4.78 is 16.9. The molecule has 0 N–H and O–H groups in total. The van der Waals surface area contributed by atoms with E-state index in [-0.39, 0.29) is 12.5 Å².